The third-order valence-electron chi connectivity index (χ3n) is 6.92. The van der Waals surface area contributed by atoms with Crippen LogP contribution in [0.3, 0.4) is 0 Å². The molecule has 1 saturated heterocycles. The zero-order valence-electron chi connectivity index (χ0n) is 16.3. The average molecular weight is 396 g/mol. The summed E-state index contributed by atoms with van der Waals surface area (Å²) in [5.41, 5.74) is 0. The van der Waals surface area contributed by atoms with Gasteiger partial charge < -0.3 is 26.0 Å². The standard InChI is InChI=1S/C20H32N2O6/c1-10-19(26)22-15(20(27)28)8-11-2-4-16(23)13(6-11)14-7-12(3-5-17(14)24)9-18(25)21-10/h10-17,23-24H,2-9H2,1H3,(H,21,25)(H,22,26)(H,27,28)/t10-,11-,12-,13-,14-,15-,16-,17-/m0/s1. The van der Waals surface area contributed by atoms with E-state index in [-0.39, 0.29) is 42.4 Å². The Hall–Kier alpha value is -1.67. The van der Waals surface area contributed by atoms with E-state index in [1.54, 1.807) is 6.92 Å². The summed E-state index contributed by atoms with van der Waals surface area (Å²) >= 11 is 0. The monoisotopic (exact) mass is 396 g/mol. The van der Waals surface area contributed by atoms with Crippen molar-refractivity contribution in [2.45, 2.75) is 82.6 Å². The maximum Gasteiger partial charge on any atom is 0.326 e. The lowest BCUT2D eigenvalue weighted by molar-refractivity contribution is -0.143. The minimum atomic E-state index is -1.10. The molecule has 5 N–H and O–H groups in total. The summed E-state index contributed by atoms with van der Waals surface area (Å²) < 4.78 is 0. The smallest absolute Gasteiger partial charge is 0.326 e. The molecule has 158 valence electrons. The molecule has 3 aliphatic rings. The van der Waals surface area contributed by atoms with E-state index in [1.165, 1.54) is 0 Å². The van der Waals surface area contributed by atoms with Crippen LogP contribution in [0.15, 0.2) is 0 Å². The first-order valence-corrected chi connectivity index (χ1v) is 10.4. The van der Waals surface area contributed by atoms with Gasteiger partial charge in [0.15, 0.2) is 0 Å². The van der Waals surface area contributed by atoms with Crippen LogP contribution in [0.25, 0.3) is 0 Å². The quantitative estimate of drug-likeness (QED) is 0.435. The van der Waals surface area contributed by atoms with E-state index in [9.17, 15) is 29.7 Å². The molecular weight excluding hydrogens is 364 g/mol. The highest BCUT2D eigenvalue weighted by molar-refractivity contribution is 5.90. The summed E-state index contributed by atoms with van der Waals surface area (Å²) in [4.78, 5) is 36.4. The topological polar surface area (TPSA) is 136 Å². The average Bonchev–Trinajstić information content (AvgIpc) is 2.63. The Morgan fingerprint density at radius 2 is 1.46 bits per heavy atom. The predicted molar refractivity (Wildman–Crippen MR) is 100 cm³/mol. The van der Waals surface area contributed by atoms with Crippen LogP contribution in [0.5, 0.6) is 0 Å². The molecule has 0 spiro atoms. The first kappa shape index (κ1) is 21.0. The SMILES string of the molecule is C[C@@H]1NC(=O)C[C@H]2CC[C@H](O)[C@@H](C2)[C@@H]2C[C@H](CC[C@@H]2O)C[C@@H](C(=O)O)NC1=O. The van der Waals surface area contributed by atoms with Crippen molar-refractivity contribution in [3.63, 3.8) is 0 Å². The number of aliphatic hydroxyl groups is 2. The lowest BCUT2D eigenvalue weighted by atomic mass is 9.64. The van der Waals surface area contributed by atoms with Gasteiger partial charge in [0, 0.05) is 6.42 Å². The van der Waals surface area contributed by atoms with Crippen molar-refractivity contribution >= 4 is 17.8 Å². The molecule has 2 aliphatic carbocycles. The normalized spacial score (nSPS) is 42.7. The van der Waals surface area contributed by atoms with E-state index >= 15 is 0 Å². The van der Waals surface area contributed by atoms with E-state index < -0.39 is 36.2 Å². The Kier molecular flexibility index (Phi) is 6.60. The van der Waals surface area contributed by atoms with Gasteiger partial charge in [-0.25, -0.2) is 4.79 Å². The Bertz CT molecular complexity index is 612. The summed E-state index contributed by atoms with van der Waals surface area (Å²) in [6.07, 6.45) is 3.48. The molecule has 4 bridgehead atoms. The Balaban J connectivity index is 1.85. The van der Waals surface area contributed by atoms with Crippen molar-refractivity contribution in [2.75, 3.05) is 0 Å². The molecule has 0 aromatic heterocycles. The molecule has 0 aromatic carbocycles. The van der Waals surface area contributed by atoms with E-state index in [2.05, 4.69) is 10.6 Å². The number of aliphatic carboxylic acids is 1. The largest absolute Gasteiger partial charge is 0.480 e. The van der Waals surface area contributed by atoms with Crippen molar-refractivity contribution in [1.82, 2.24) is 10.6 Å². The van der Waals surface area contributed by atoms with Crippen molar-refractivity contribution in [3.05, 3.63) is 0 Å². The number of carbonyl (C=O) groups is 3. The minimum absolute atomic E-state index is 0.0650. The van der Waals surface area contributed by atoms with Gasteiger partial charge in [-0.2, -0.15) is 0 Å². The summed E-state index contributed by atoms with van der Waals surface area (Å²) in [5, 5.41) is 35.9. The van der Waals surface area contributed by atoms with Crippen LogP contribution >= 0.6 is 0 Å². The number of hydrogen-bond acceptors (Lipinski definition) is 5. The number of nitrogens with one attached hydrogen (secondary N) is 2. The van der Waals surface area contributed by atoms with Crippen molar-refractivity contribution in [3.8, 4) is 0 Å². The molecule has 1 aliphatic heterocycles. The number of rotatable bonds is 1. The second kappa shape index (κ2) is 8.78. The fourth-order valence-electron chi connectivity index (χ4n) is 5.36. The van der Waals surface area contributed by atoms with Crippen LogP contribution in [0, 0.1) is 23.7 Å². The molecule has 2 amide bonds. The molecule has 8 heteroatoms. The van der Waals surface area contributed by atoms with Gasteiger partial charge in [0.05, 0.1) is 12.2 Å². The first-order chi connectivity index (χ1) is 13.2. The number of hydrogen-bond donors (Lipinski definition) is 5. The molecule has 0 unspecified atom stereocenters. The first-order valence-electron chi connectivity index (χ1n) is 10.4. The van der Waals surface area contributed by atoms with Gasteiger partial charge in [-0.15, -0.1) is 0 Å². The Morgan fingerprint density at radius 3 is 2.07 bits per heavy atom. The summed E-state index contributed by atoms with van der Waals surface area (Å²) in [7, 11) is 0. The highest BCUT2D eigenvalue weighted by atomic mass is 16.4. The predicted octanol–water partition coefficient (Wildman–Crippen LogP) is 0.409. The second-order valence-electron chi connectivity index (χ2n) is 8.95. The highest BCUT2D eigenvalue weighted by Gasteiger charge is 2.42. The maximum atomic E-state index is 12.4. The third kappa shape index (κ3) is 4.84. The van der Waals surface area contributed by atoms with E-state index in [0.717, 1.165) is 6.42 Å². The molecule has 8 atom stereocenters. The van der Waals surface area contributed by atoms with E-state index in [4.69, 9.17) is 0 Å². The third-order valence-corrected chi connectivity index (χ3v) is 6.92. The fourth-order valence-corrected chi connectivity index (χ4v) is 5.36. The van der Waals surface area contributed by atoms with Gasteiger partial charge in [0.2, 0.25) is 11.8 Å². The van der Waals surface area contributed by atoms with Crippen LogP contribution in [0.4, 0.5) is 0 Å². The summed E-state index contributed by atoms with van der Waals surface area (Å²) in [6.45, 7) is 1.55. The molecule has 0 radical (unpaired) electrons. The molecule has 3 rings (SSSR count). The lowest BCUT2D eigenvalue weighted by Crippen LogP contribution is -2.52. The lowest BCUT2D eigenvalue weighted by Gasteiger charge is -2.44. The molecule has 0 aromatic rings. The molecular formula is C20H32N2O6. The van der Waals surface area contributed by atoms with Crippen LogP contribution in [0.2, 0.25) is 0 Å². The number of carboxylic acid groups (broad SMARTS) is 1. The van der Waals surface area contributed by atoms with Crippen LogP contribution < -0.4 is 10.6 Å². The Morgan fingerprint density at radius 1 is 0.893 bits per heavy atom. The van der Waals surface area contributed by atoms with E-state index in [1.807, 2.05) is 0 Å². The second-order valence-corrected chi connectivity index (χ2v) is 8.95. The fraction of sp³-hybridized carbons (Fsp3) is 0.850. The maximum absolute atomic E-state index is 12.4. The van der Waals surface area contributed by atoms with Crippen LogP contribution in [-0.2, 0) is 14.4 Å². The van der Waals surface area contributed by atoms with E-state index in [0.29, 0.717) is 32.1 Å². The zero-order chi connectivity index (χ0) is 20.4. The van der Waals surface area contributed by atoms with Gasteiger partial charge in [0.25, 0.3) is 0 Å². The molecule has 1 heterocycles. The number of fused-ring (bicyclic) bond motifs is 5. The Labute approximate surface area is 165 Å². The summed E-state index contributed by atoms with van der Waals surface area (Å²) in [6, 6.07) is -1.83. The number of carboxylic acids is 1. The van der Waals surface area contributed by atoms with Crippen molar-refractivity contribution < 1.29 is 29.7 Å². The highest BCUT2D eigenvalue weighted by Crippen LogP contribution is 2.44. The molecule has 28 heavy (non-hydrogen) atoms. The molecule has 2 saturated carbocycles. The van der Waals surface area contributed by atoms with Crippen LogP contribution in [0.1, 0.15) is 58.3 Å². The van der Waals surface area contributed by atoms with Crippen LogP contribution in [-0.4, -0.2) is 57.4 Å². The zero-order valence-corrected chi connectivity index (χ0v) is 16.3. The molecule has 8 nitrogen and oxygen atoms in total. The van der Waals surface area contributed by atoms with Gasteiger partial charge in [-0.3, -0.25) is 9.59 Å². The van der Waals surface area contributed by atoms with Gasteiger partial charge in [0.1, 0.15) is 12.1 Å². The van der Waals surface area contributed by atoms with Gasteiger partial charge in [-0.1, -0.05) is 0 Å². The summed E-state index contributed by atoms with van der Waals surface area (Å²) in [5.74, 6) is -1.84. The van der Waals surface area contributed by atoms with Gasteiger partial charge in [-0.05, 0) is 75.5 Å². The minimum Gasteiger partial charge on any atom is -0.480 e. The number of amides is 2. The van der Waals surface area contributed by atoms with Crippen molar-refractivity contribution in [1.29, 1.82) is 0 Å². The number of carbonyl (C=O) groups excluding carboxylic acids is 2. The van der Waals surface area contributed by atoms with Crippen molar-refractivity contribution in [2.24, 2.45) is 23.7 Å². The number of aliphatic hydroxyl groups excluding tert-OH is 2. The van der Waals surface area contributed by atoms with Gasteiger partial charge >= 0.3 is 5.97 Å². The molecule has 3 fully saturated rings.